The molecule has 50 heavy (non-hydrogen) atoms. The summed E-state index contributed by atoms with van der Waals surface area (Å²) in [5, 5.41) is 23.5. The molecule has 2 heterocycles. The minimum atomic E-state index is -3.70. The molecule has 6 rings (SSSR count). The summed E-state index contributed by atoms with van der Waals surface area (Å²) in [6.45, 7) is 5.69. The van der Waals surface area contributed by atoms with E-state index in [4.69, 9.17) is 15.2 Å². The molecule has 2 aliphatic heterocycles. The first-order chi connectivity index (χ1) is 23.7. The van der Waals surface area contributed by atoms with Crippen LogP contribution in [-0.4, -0.2) is 99.8 Å². The van der Waals surface area contributed by atoms with Crippen LogP contribution < -0.4 is 15.8 Å². The molecule has 5 N–H and O–H groups in total. The Bertz CT molecular complexity index is 1870. The molecule has 3 aliphatic rings. The first-order valence-corrected chi connectivity index (χ1v) is 20.2. The SMILES string of the molecule is CC(C)(CN)c1ccc(-c2cccc(S(=O)(=O)N3CCC4(CC3)C[C@@H](NC[C@H](O)COc3cccc(S(=O)(=O)C5(CO)CC5)c3)CO4)c2)cc1. The minimum absolute atomic E-state index is 0.00649. The molecule has 13 heteroatoms. The summed E-state index contributed by atoms with van der Waals surface area (Å²) >= 11 is 0. The van der Waals surface area contributed by atoms with E-state index in [1.54, 1.807) is 34.6 Å². The molecule has 3 aromatic rings. The molecule has 2 saturated heterocycles. The lowest BCUT2D eigenvalue weighted by molar-refractivity contribution is -0.0312. The van der Waals surface area contributed by atoms with Crippen molar-refractivity contribution in [3.8, 4) is 16.9 Å². The maximum absolute atomic E-state index is 13.7. The monoisotopic (exact) mass is 727 g/mol. The smallest absolute Gasteiger partial charge is 0.243 e. The van der Waals surface area contributed by atoms with Crippen LogP contribution in [0.3, 0.4) is 0 Å². The first kappa shape index (κ1) is 36.9. The minimum Gasteiger partial charge on any atom is -0.491 e. The van der Waals surface area contributed by atoms with E-state index in [1.165, 1.54) is 12.1 Å². The number of aliphatic hydroxyl groups is 2. The van der Waals surface area contributed by atoms with Gasteiger partial charge in [-0.3, -0.25) is 0 Å². The van der Waals surface area contributed by atoms with Crippen molar-refractivity contribution in [1.29, 1.82) is 0 Å². The van der Waals surface area contributed by atoms with E-state index in [9.17, 15) is 27.0 Å². The molecule has 2 atom stereocenters. The number of benzene rings is 3. The fourth-order valence-electron chi connectivity index (χ4n) is 6.86. The van der Waals surface area contributed by atoms with Gasteiger partial charge in [-0.2, -0.15) is 4.31 Å². The molecule has 3 fully saturated rings. The molecule has 0 unspecified atom stereocenters. The van der Waals surface area contributed by atoms with Crippen LogP contribution in [0.1, 0.15) is 51.5 Å². The van der Waals surface area contributed by atoms with Crippen LogP contribution in [0.15, 0.2) is 82.6 Å². The molecule has 11 nitrogen and oxygen atoms in total. The van der Waals surface area contributed by atoms with Crippen LogP contribution >= 0.6 is 0 Å². The van der Waals surface area contributed by atoms with Crippen molar-refractivity contribution in [3.63, 3.8) is 0 Å². The number of nitrogens with one attached hydrogen (secondary N) is 1. The highest BCUT2D eigenvalue weighted by Crippen LogP contribution is 2.46. The molecule has 1 saturated carbocycles. The van der Waals surface area contributed by atoms with Crippen molar-refractivity contribution in [2.24, 2.45) is 5.73 Å². The fourth-order valence-corrected chi connectivity index (χ4v) is 10.2. The predicted octanol–water partition coefficient (Wildman–Crippen LogP) is 3.23. The highest BCUT2D eigenvalue weighted by atomic mass is 32.2. The third-order valence-corrected chi connectivity index (χ3v) is 15.1. The summed E-state index contributed by atoms with van der Waals surface area (Å²) in [5.74, 6) is 0.330. The number of hydrogen-bond acceptors (Lipinski definition) is 10. The fraction of sp³-hybridized carbons (Fsp3) is 0.514. The predicted molar refractivity (Wildman–Crippen MR) is 191 cm³/mol. The molecule has 0 radical (unpaired) electrons. The van der Waals surface area contributed by atoms with Crippen LogP contribution in [0.4, 0.5) is 0 Å². The van der Waals surface area contributed by atoms with Crippen molar-refractivity contribution in [2.45, 2.75) is 83.7 Å². The van der Waals surface area contributed by atoms with Crippen LogP contribution in [-0.2, 0) is 30.0 Å². The summed E-state index contributed by atoms with van der Waals surface area (Å²) in [6.07, 6.45) is 1.87. The number of aliphatic hydroxyl groups excluding tert-OH is 2. The van der Waals surface area contributed by atoms with E-state index in [1.807, 2.05) is 30.3 Å². The molecule has 0 amide bonds. The van der Waals surface area contributed by atoms with E-state index in [-0.39, 0.29) is 34.4 Å². The molecular formula is C37H49N3O8S2. The van der Waals surface area contributed by atoms with E-state index >= 15 is 0 Å². The Kier molecular flexibility index (Phi) is 10.5. The molecule has 0 bridgehead atoms. The highest BCUT2D eigenvalue weighted by molar-refractivity contribution is 7.93. The average molecular weight is 728 g/mol. The number of sulfone groups is 1. The van der Waals surface area contributed by atoms with Crippen LogP contribution in [0.25, 0.3) is 11.1 Å². The van der Waals surface area contributed by atoms with Gasteiger partial charge in [-0.05, 0) is 79.1 Å². The quantitative estimate of drug-likeness (QED) is 0.194. The van der Waals surface area contributed by atoms with Gasteiger partial charge in [-0.15, -0.1) is 0 Å². The number of rotatable bonds is 14. The molecular weight excluding hydrogens is 679 g/mol. The van der Waals surface area contributed by atoms with Crippen molar-refractivity contribution in [1.82, 2.24) is 9.62 Å². The van der Waals surface area contributed by atoms with Crippen molar-refractivity contribution in [2.75, 3.05) is 46.0 Å². The number of sulfonamides is 1. The summed E-state index contributed by atoms with van der Waals surface area (Å²) in [6, 6.07) is 21.4. The Labute approximate surface area is 295 Å². The van der Waals surface area contributed by atoms with E-state index in [0.29, 0.717) is 64.1 Å². The summed E-state index contributed by atoms with van der Waals surface area (Å²) in [5.41, 5.74) is 8.27. The zero-order valence-corrected chi connectivity index (χ0v) is 30.4. The van der Waals surface area contributed by atoms with Crippen molar-refractivity contribution >= 4 is 19.9 Å². The Hall–Kier alpha value is -2.88. The van der Waals surface area contributed by atoms with Gasteiger partial charge in [0.25, 0.3) is 0 Å². The standard InChI is InChI=1S/C37H49N3O8S2/c1-35(2,25-38)29-11-9-27(10-12-29)28-5-3-8-34(19-28)50(45,46)40-17-15-36(16-18-40)21-30(23-48-36)39-22-31(42)24-47-32-6-4-7-33(20-32)49(43,44)37(26-41)13-14-37/h3-12,19-20,30-31,39,41-42H,13-18,21-26,38H2,1-2H3/t30-,31+/m1/s1. The molecule has 3 aromatic carbocycles. The zero-order valence-electron chi connectivity index (χ0n) is 28.8. The highest BCUT2D eigenvalue weighted by Gasteiger charge is 2.54. The third kappa shape index (κ3) is 7.51. The average Bonchev–Trinajstić information content (AvgIpc) is 3.86. The van der Waals surface area contributed by atoms with Gasteiger partial charge in [-0.25, -0.2) is 16.8 Å². The van der Waals surface area contributed by atoms with Gasteiger partial charge in [0.05, 0.1) is 33.4 Å². The molecule has 1 spiro atoms. The largest absolute Gasteiger partial charge is 0.491 e. The van der Waals surface area contributed by atoms with Crippen LogP contribution in [0.5, 0.6) is 5.75 Å². The van der Waals surface area contributed by atoms with E-state index < -0.39 is 42.9 Å². The van der Waals surface area contributed by atoms with E-state index in [2.05, 4.69) is 19.2 Å². The molecule has 0 aromatic heterocycles. The molecule has 272 valence electrons. The number of nitrogens with two attached hydrogens (primary N) is 1. The Morgan fingerprint density at radius 2 is 1.64 bits per heavy atom. The second-order valence-corrected chi connectivity index (χ2v) is 19.0. The maximum Gasteiger partial charge on any atom is 0.243 e. The maximum atomic E-state index is 13.7. The normalized spacial score (nSPS) is 21.3. The summed E-state index contributed by atoms with van der Waals surface area (Å²) in [4.78, 5) is 0.370. The lowest BCUT2D eigenvalue weighted by Gasteiger charge is -2.38. The van der Waals surface area contributed by atoms with Crippen molar-refractivity contribution < 1.29 is 36.5 Å². The van der Waals surface area contributed by atoms with Crippen LogP contribution in [0, 0.1) is 0 Å². The number of ether oxygens (including phenoxy) is 2. The topological polar surface area (TPSA) is 168 Å². The zero-order chi connectivity index (χ0) is 35.8. The van der Waals surface area contributed by atoms with Crippen molar-refractivity contribution in [3.05, 3.63) is 78.4 Å². The van der Waals surface area contributed by atoms with Gasteiger partial charge in [0.1, 0.15) is 18.5 Å². The van der Waals surface area contributed by atoms with Gasteiger partial charge in [-0.1, -0.05) is 56.3 Å². The molecule has 1 aliphatic carbocycles. The van der Waals surface area contributed by atoms with Crippen LogP contribution in [0.2, 0.25) is 0 Å². The van der Waals surface area contributed by atoms with Gasteiger partial charge >= 0.3 is 0 Å². The Balaban J connectivity index is 0.981. The number of nitrogens with zero attached hydrogens (tertiary/aromatic N) is 1. The van der Waals surface area contributed by atoms with Gasteiger partial charge in [0, 0.05) is 37.6 Å². The van der Waals surface area contributed by atoms with Gasteiger partial charge in [0.15, 0.2) is 9.84 Å². The summed E-state index contributed by atoms with van der Waals surface area (Å²) in [7, 11) is -7.38. The van der Waals surface area contributed by atoms with Gasteiger partial charge < -0.3 is 30.7 Å². The number of piperidine rings is 1. The lowest BCUT2D eigenvalue weighted by Crippen LogP contribution is -2.47. The summed E-state index contributed by atoms with van der Waals surface area (Å²) < 4.78 is 65.7. The lowest BCUT2D eigenvalue weighted by atomic mass is 9.84. The third-order valence-electron chi connectivity index (χ3n) is 10.7. The Morgan fingerprint density at radius 3 is 2.30 bits per heavy atom. The van der Waals surface area contributed by atoms with E-state index in [0.717, 1.165) is 16.7 Å². The number of hydrogen-bond donors (Lipinski definition) is 4. The second-order valence-electron chi connectivity index (χ2n) is 14.7. The second kappa shape index (κ2) is 14.3. The Morgan fingerprint density at radius 1 is 0.960 bits per heavy atom. The first-order valence-electron chi connectivity index (χ1n) is 17.3. The van der Waals surface area contributed by atoms with Gasteiger partial charge in [0.2, 0.25) is 10.0 Å².